The molecule has 0 bridgehead atoms. The van der Waals surface area contributed by atoms with Gasteiger partial charge in [-0.3, -0.25) is 14.4 Å². The summed E-state index contributed by atoms with van der Waals surface area (Å²) in [6.07, 6.45) is 63.0. The van der Waals surface area contributed by atoms with Crippen molar-refractivity contribution in [3.63, 3.8) is 0 Å². The smallest absolute Gasteiger partial charge is 0.306 e. The molecule has 0 spiro atoms. The van der Waals surface area contributed by atoms with Crippen molar-refractivity contribution in [3.05, 3.63) is 85.1 Å². The molecule has 0 saturated heterocycles. The second-order valence-corrected chi connectivity index (χ2v) is 16.3. The van der Waals surface area contributed by atoms with Gasteiger partial charge in [0.15, 0.2) is 6.10 Å². The molecule has 0 rings (SSSR count). The van der Waals surface area contributed by atoms with E-state index in [0.29, 0.717) is 19.3 Å². The Kier molecular flexibility index (Phi) is 46.5. The van der Waals surface area contributed by atoms with Crippen LogP contribution in [0.25, 0.3) is 0 Å². The molecule has 0 radical (unpaired) electrons. The van der Waals surface area contributed by atoms with Gasteiger partial charge in [0, 0.05) is 19.3 Å². The maximum atomic E-state index is 12.8. The molecule has 1 unspecified atom stereocenters. The summed E-state index contributed by atoms with van der Waals surface area (Å²) in [7, 11) is 0. The van der Waals surface area contributed by atoms with Crippen LogP contribution in [0.1, 0.15) is 226 Å². The Bertz CT molecular complexity index is 1200. The quantitative estimate of drug-likeness (QED) is 0.0263. The Morgan fingerprint density at radius 3 is 1.15 bits per heavy atom. The van der Waals surface area contributed by atoms with Crippen LogP contribution in [0.3, 0.4) is 0 Å². The Hall–Kier alpha value is -3.41. The van der Waals surface area contributed by atoms with E-state index in [0.717, 1.165) is 77.0 Å². The second-order valence-electron chi connectivity index (χ2n) is 16.3. The Labute approximate surface area is 375 Å². The van der Waals surface area contributed by atoms with E-state index in [1.165, 1.54) is 103 Å². The first-order valence-corrected chi connectivity index (χ1v) is 25.1. The Morgan fingerprint density at radius 1 is 0.344 bits per heavy atom. The monoisotopic (exact) mass is 849 g/mol. The first kappa shape index (κ1) is 57.6. The largest absolute Gasteiger partial charge is 0.462 e. The van der Waals surface area contributed by atoms with Gasteiger partial charge >= 0.3 is 17.9 Å². The zero-order chi connectivity index (χ0) is 44.4. The molecule has 6 heteroatoms. The van der Waals surface area contributed by atoms with E-state index in [-0.39, 0.29) is 37.5 Å². The van der Waals surface area contributed by atoms with Gasteiger partial charge in [0.05, 0.1) is 0 Å². The van der Waals surface area contributed by atoms with Gasteiger partial charge in [-0.15, -0.1) is 0 Å². The summed E-state index contributed by atoms with van der Waals surface area (Å²) in [4.78, 5) is 37.8. The fourth-order valence-corrected chi connectivity index (χ4v) is 6.58. The van der Waals surface area contributed by atoms with E-state index < -0.39 is 6.10 Å². The molecule has 0 heterocycles. The molecule has 348 valence electrons. The molecule has 1 atom stereocenters. The van der Waals surface area contributed by atoms with Crippen LogP contribution >= 0.6 is 0 Å². The van der Waals surface area contributed by atoms with Crippen molar-refractivity contribution >= 4 is 17.9 Å². The molecule has 0 N–H and O–H groups in total. The maximum absolute atomic E-state index is 12.8. The number of esters is 3. The molecule has 0 saturated carbocycles. The summed E-state index contributed by atoms with van der Waals surface area (Å²) in [5.74, 6) is -1.01. The average molecular weight is 849 g/mol. The fraction of sp³-hybridized carbons (Fsp3) is 0.691. The van der Waals surface area contributed by atoms with Gasteiger partial charge in [-0.05, 0) is 109 Å². The number of rotatable bonds is 44. The minimum absolute atomic E-state index is 0.113. The summed E-state index contributed by atoms with van der Waals surface area (Å²) in [6.45, 7) is 6.39. The number of ether oxygens (including phenoxy) is 3. The molecule has 0 aliphatic rings. The Balaban J connectivity index is 4.45. The number of unbranched alkanes of at least 4 members (excludes halogenated alkanes) is 19. The topological polar surface area (TPSA) is 78.9 Å². The summed E-state index contributed by atoms with van der Waals surface area (Å²) >= 11 is 0. The molecular formula is C55H92O6. The molecule has 0 fully saturated rings. The first-order chi connectivity index (χ1) is 30.0. The number of hydrogen-bond acceptors (Lipinski definition) is 6. The molecule has 0 aromatic rings. The normalized spacial score (nSPS) is 12.8. The minimum Gasteiger partial charge on any atom is -0.462 e. The average Bonchev–Trinajstić information content (AvgIpc) is 3.26. The van der Waals surface area contributed by atoms with E-state index in [2.05, 4.69) is 106 Å². The van der Waals surface area contributed by atoms with Gasteiger partial charge in [-0.2, -0.15) is 0 Å². The van der Waals surface area contributed by atoms with Crippen LogP contribution < -0.4 is 0 Å². The summed E-state index contributed by atoms with van der Waals surface area (Å²) in [5.41, 5.74) is 0. The van der Waals surface area contributed by atoms with Gasteiger partial charge in [-0.1, -0.05) is 183 Å². The van der Waals surface area contributed by atoms with Crippen molar-refractivity contribution < 1.29 is 28.6 Å². The van der Waals surface area contributed by atoms with Crippen LogP contribution in [-0.4, -0.2) is 37.2 Å². The predicted octanol–water partition coefficient (Wildman–Crippen LogP) is 16.4. The second kappa shape index (κ2) is 49.2. The van der Waals surface area contributed by atoms with Crippen LogP contribution in [0.5, 0.6) is 0 Å². The molecule has 0 aliphatic carbocycles. The number of carbonyl (C=O) groups is 3. The van der Waals surface area contributed by atoms with Crippen LogP contribution in [0.4, 0.5) is 0 Å². The summed E-state index contributed by atoms with van der Waals surface area (Å²) in [6, 6.07) is 0. The van der Waals surface area contributed by atoms with Gasteiger partial charge < -0.3 is 14.2 Å². The standard InChI is InChI=1S/C55H92O6/c1-4-7-10-13-16-19-21-23-25-27-29-31-33-36-39-42-45-48-54(57)60-51-52(50-59-53(56)47-44-41-38-35-18-15-12-9-6-3)61-55(58)49-46-43-40-37-34-32-30-28-26-24-22-20-17-14-11-8-5-2/h9,12,16,18-19,23-26,29,31,35-36,39,52H,4-8,10-11,13-15,17,20-22,27-28,30,32-34,37-38,40-51H2,1-3H3/b12-9-,19-16-,25-23-,26-24-,31-29-,35-18-,39-36-. The van der Waals surface area contributed by atoms with Gasteiger partial charge in [0.25, 0.3) is 0 Å². The van der Waals surface area contributed by atoms with Crippen molar-refractivity contribution in [2.75, 3.05) is 13.2 Å². The molecule has 0 aliphatic heterocycles. The van der Waals surface area contributed by atoms with Crippen molar-refractivity contribution in [2.24, 2.45) is 0 Å². The number of hydrogen-bond donors (Lipinski definition) is 0. The SMILES string of the molecule is CC/C=C\C/C=C\CCCCC(=O)OCC(COC(=O)CCC/C=C\C/C=C\C/C=C\C/C=C\CCCCC)OC(=O)CCCCCCCCC/C=C\CCCCCCCC. The fourth-order valence-electron chi connectivity index (χ4n) is 6.58. The van der Waals surface area contributed by atoms with Crippen LogP contribution in [0.15, 0.2) is 85.1 Å². The molecule has 0 amide bonds. The lowest BCUT2D eigenvalue weighted by Gasteiger charge is -2.18. The highest BCUT2D eigenvalue weighted by Crippen LogP contribution is 2.13. The zero-order valence-electron chi connectivity index (χ0n) is 39.7. The van der Waals surface area contributed by atoms with Gasteiger partial charge in [0.2, 0.25) is 0 Å². The molecule has 0 aromatic heterocycles. The zero-order valence-corrected chi connectivity index (χ0v) is 39.7. The molecule has 61 heavy (non-hydrogen) atoms. The van der Waals surface area contributed by atoms with Crippen LogP contribution in [0.2, 0.25) is 0 Å². The molecular weight excluding hydrogens is 757 g/mol. The predicted molar refractivity (Wildman–Crippen MR) is 261 cm³/mol. The van der Waals surface area contributed by atoms with E-state index in [1.807, 2.05) is 0 Å². The number of allylic oxidation sites excluding steroid dienone is 14. The highest BCUT2D eigenvalue weighted by Gasteiger charge is 2.19. The summed E-state index contributed by atoms with van der Waals surface area (Å²) in [5, 5.41) is 0. The van der Waals surface area contributed by atoms with Crippen molar-refractivity contribution in [1.82, 2.24) is 0 Å². The van der Waals surface area contributed by atoms with Crippen molar-refractivity contribution in [1.29, 1.82) is 0 Å². The third-order valence-electron chi connectivity index (χ3n) is 10.4. The third kappa shape index (κ3) is 47.5. The maximum Gasteiger partial charge on any atom is 0.306 e. The van der Waals surface area contributed by atoms with Gasteiger partial charge in [0.1, 0.15) is 13.2 Å². The minimum atomic E-state index is -0.812. The highest BCUT2D eigenvalue weighted by molar-refractivity contribution is 5.71. The summed E-state index contributed by atoms with van der Waals surface area (Å²) < 4.78 is 16.7. The lowest BCUT2D eigenvalue weighted by atomic mass is 10.1. The van der Waals surface area contributed by atoms with Gasteiger partial charge in [-0.25, -0.2) is 0 Å². The van der Waals surface area contributed by atoms with E-state index in [4.69, 9.17) is 14.2 Å². The molecule has 0 aromatic carbocycles. The highest BCUT2D eigenvalue weighted by atomic mass is 16.6. The first-order valence-electron chi connectivity index (χ1n) is 25.1. The third-order valence-corrected chi connectivity index (χ3v) is 10.4. The van der Waals surface area contributed by atoms with Crippen LogP contribution in [0, 0.1) is 0 Å². The van der Waals surface area contributed by atoms with Crippen molar-refractivity contribution in [2.45, 2.75) is 232 Å². The Morgan fingerprint density at radius 2 is 0.656 bits per heavy atom. The molecule has 6 nitrogen and oxygen atoms in total. The van der Waals surface area contributed by atoms with E-state index in [1.54, 1.807) is 0 Å². The lowest BCUT2D eigenvalue weighted by Crippen LogP contribution is -2.30. The lowest BCUT2D eigenvalue weighted by molar-refractivity contribution is -0.167. The number of carbonyl (C=O) groups excluding carboxylic acids is 3. The van der Waals surface area contributed by atoms with Crippen molar-refractivity contribution in [3.8, 4) is 0 Å². The van der Waals surface area contributed by atoms with E-state index >= 15 is 0 Å². The van der Waals surface area contributed by atoms with Crippen LogP contribution in [-0.2, 0) is 28.6 Å². The van der Waals surface area contributed by atoms with E-state index in [9.17, 15) is 14.4 Å².